The van der Waals surface area contributed by atoms with Crippen molar-refractivity contribution < 1.29 is 13.2 Å². The van der Waals surface area contributed by atoms with Crippen molar-refractivity contribution in [2.75, 3.05) is 0 Å². The SMILES string of the molecule is FC(F)(F)c1ccccc1-c1ccc(-c2nc(-c3ccccc3)nc(-c3ccccc3)n2)c(-n2c3ccccc3c3ccc(-n4c5ccccc5c5ccccc54)cc32)c1. The van der Waals surface area contributed by atoms with E-state index in [1.54, 1.807) is 12.1 Å². The lowest BCUT2D eigenvalue weighted by Crippen LogP contribution is -2.07. The van der Waals surface area contributed by atoms with E-state index in [0.717, 1.165) is 66.5 Å². The van der Waals surface area contributed by atoms with E-state index >= 15 is 0 Å². The van der Waals surface area contributed by atoms with Crippen LogP contribution in [0.25, 0.3) is 100 Å². The molecule has 0 unspecified atom stereocenters. The van der Waals surface area contributed by atoms with Crippen LogP contribution in [0.4, 0.5) is 13.2 Å². The molecule has 286 valence electrons. The molecule has 0 N–H and O–H groups in total. The molecule has 0 radical (unpaired) electrons. The first-order chi connectivity index (χ1) is 29.4. The Kier molecular flexibility index (Phi) is 8.20. The number of aromatic nitrogens is 5. The van der Waals surface area contributed by atoms with Crippen LogP contribution in [-0.4, -0.2) is 24.1 Å². The highest BCUT2D eigenvalue weighted by Gasteiger charge is 2.33. The van der Waals surface area contributed by atoms with Crippen molar-refractivity contribution in [3.05, 3.63) is 200 Å². The quantitative estimate of drug-likeness (QED) is 0.169. The third kappa shape index (κ3) is 5.83. The highest BCUT2D eigenvalue weighted by Crippen LogP contribution is 2.42. The zero-order valence-electron chi connectivity index (χ0n) is 31.8. The molecule has 3 heterocycles. The molecule has 0 saturated carbocycles. The lowest BCUT2D eigenvalue weighted by Gasteiger charge is -2.18. The molecule has 8 aromatic carbocycles. The maximum absolute atomic E-state index is 14.6. The van der Waals surface area contributed by atoms with Crippen molar-refractivity contribution in [1.82, 2.24) is 24.1 Å². The van der Waals surface area contributed by atoms with Crippen LogP contribution >= 0.6 is 0 Å². The molecule has 60 heavy (non-hydrogen) atoms. The Morgan fingerprint density at radius 3 is 1.42 bits per heavy atom. The van der Waals surface area contributed by atoms with Crippen molar-refractivity contribution in [1.29, 1.82) is 0 Å². The van der Waals surface area contributed by atoms with Gasteiger partial charge in [0.15, 0.2) is 17.5 Å². The van der Waals surface area contributed by atoms with Crippen molar-refractivity contribution in [3.8, 4) is 56.7 Å². The zero-order chi connectivity index (χ0) is 40.4. The Morgan fingerprint density at radius 2 is 0.833 bits per heavy atom. The van der Waals surface area contributed by atoms with Gasteiger partial charge in [0, 0.05) is 43.9 Å². The lowest BCUT2D eigenvalue weighted by molar-refractivity contribution is -0.137. The van der Waals surface area contributed by atoms with Crippen LogP contribution in [0.5, 0.6) is 0 Å². The minimum Gasteiger partial charge on any atom is -0.309 e. The number of hydrogen-bond donors (Lipinski definition) is 0. The van der Waals surface area contributed by atoms with E-state index in [9.17, 15) is 13.2 Å². The lowest BCUT2D eigenvalue weighted by atomic mass is 9.97. The number of alkyl halides is 3. The molecule has 0 aliphatic rings. The second-order valence-electron chi connectivity index (χ2n) is 14.7. The zero-order valence-corrected chi connectivity index (χ0v) is 31.8. The summed E-state index contributed by atoms with van der Waals surface area (Å²) < 4.78 is 48.4. The number of halogens is 3. The van der Waals surface area contributed by atoms with Crippen LogP contribution in [0.2, 0.25) is 0 Å². The molecule has 3 aromatic heterocycles. The second-order valence-corrected chi connectivity index (χ2v) is 14.7. The van der Waals surface area contributed by atoms with E-state index in [2.05, 4.69) is 69.8 Å². The number of fused-ring (bicyclic) bond motifs is 6. The fraction of sp³-hybridized carbons (Fsp3) is 0.0192. The van der Waals surface area contributed by atoms with E-state index in [-0.39, 0.29) is 5.56 Å². The smallest absolute Gasteiger partial charge is 0.309 e. The van der Waals surface area contributed by atoms with Gasteiger partial charge in [0.1, 0.15) is 0 Å². The van der Waals surface area contributed by atoms with Gasteiger partial charge in [-0.15, -0.1) is 0 Å². The van der Waals surface area contributed by atoms with Crippen molar-refractivity contribution in [3.63, 3.8) is 0 Å². The van der Waals surface area contributed by atoms with Gasteiger partial charge in [-0.25, -0.2) is 15.0 Å². The normalized spacial score (nSPS) is 11.9. The molecule has 0 atom stereocenters. The van der Waals surface area contributed by atoms with Gasteiger partial charge in [-0.3, -0.25) is 0 Å². The van der Waals surface area contributed by atoms with E-state index in [1.165, 1.54) is 12.1 Å². The molecular weight excluding hydrogens is 752 g/mol. The van der Waals surface area contributed by atoms with Crippen LogP contribution in [0.15, 0.2) is 194 Å². The summed E-state index contributed by atoms with van der Waals surface area (Å²) in [6.45, 7) is 0. The van der Waals surface area contributed by atoms with Gasteiger partial charge in [-0.1, -0.05) is 146 Å². The first-order valence-corrected chi connectivity index (χ1v) is 19.6. The summed E-state index contributed by atoms with van der Waals surface area (Å²) in [6.07, 6.45) is -4.57. The van der Waals surface area contributed by atoms with E-state index in [0.29, 0.717) is 34.3 Å². The molecule has 5 nitrogen and oxygen atoms in total. The standard InChI is InChI=1S/C52H32F3N5/c53-52(54,55)43-23-11-7-19-37(43)35-27-29-42(51-57-49(33-15-3-1-4-16-33)56-50(58-51)34-17-5-2-6-18-34)47(31-35)60-46-26-14-10-22-40(46)41-30-28-36(32-48(41)60)59-44-24-12-8-20-38(44)39-21-9-13-25-45(39)59/h1-32H. The van der Waals surface area contributed by atoms with Gasteiger partial charge in [0.2, 0.25) is 0 Å². The molecule has 0 aliphatic carbocycles. The van der Waals surface area contributed by atoms with Crippen LogP contribution in [0.1, 0.15) is 5.56 Å². The van der Waals surface area contributed by atoms with E-state index in [1.807, 2.05) is 103 Å². The first-order valence-electron chi connectivity index (χ1n) is 19.6. The monoisotopic (exact) mass is 783 g/mol. The van der Waals surface area contributed by atoms with Crippen LogP contribution in [0, 0.1) is 0 Å². The van der Waals surface area contributed by atoms with Gasteiger partial charge >= 0.3 is 6.18 Å². The highest BCUT2D eigenvalue weighted by atomic mass is 19.4. The summed E-state index contributed by atoms with van der Waals surface area (Å²) in [6, 6.07) is 61.9. The minimum atomic E-state index is -4.57. The van der Waals surface area contributed by atoms with Gasteiger partial charge in [-0.2, -0.15) is 13.2 Å². The number of rotatable bonds is 6. The predicted molar refractivity (Wildman–Crippen MR) is 235 cm³/mol. The summed E-state index contributed by atoms with van der Waals surface area (Å²) in [5.41, 5.74) is 7.49. The van der Waals surface area contributed by atoms with Crippen LogP contribution in [0.3, 0.4) is 0 Å². The predicted octanol–water partition coefficient (Wildman–Crippen LogP) is 13.8. The summed E-state index contributed by atoms with van der Waals surface area (Å²) in [4.78, 5) is 15.1. The van der Waals surface area contributed by atoms with Gasteiger partial charge in [-0.05, 0) is 59.7 Å². The van der Waals surface area contributed by atoms with Gasteiger partial charge in [0.05, 0.1) is 33.3 Å². The highest BCUT2D eigenvalue weighted by molar-refractivity contribution is 6.12. The molecule has 0 saturated heterocycles. The molecule has 0 bridgehead atoms. The summed E-state index contributed by atoms with van der Waals surface area (Å²) >= 11 is 0. The Bertz CT molecular complexity index is 3310. The largest absolute Gasteiger partial charge is 0.417 e. The molecule has 11 rings (SSSR count). The van der Waals surface area contributed by atoms with E-state index in [4.69, 9.17) is 15.0 Å². The van der Waals surface area contributed by atoms with E-state index < -0.39 is 11.7 Å². The average molecular weight is 784 g/mol. The maximum Gasteiger partial charge on any atom is 0.417 e. The molecule has 0 aliphatic heterocycles. The van der Waals surface area contributed by atoms with Crippen molar-refractivity contribution >= 4 is 43.6 Å². The van der Waals surface area contributed by atoms with Crippen LogP contribution in [-0.2, 0) is 6.18 Å². The van der Waals surface area contributed by atoms with Crippen molar-refractivity contribution in [2.45, 2.75) is 6.18 Å². The molecule has 0 spiro atoms. The number of hydrogen-bond acceptors (Lipinski definition) is 3. The first kappa shape index (κ1) is 35.3. The van der Waals surface area contributed by atoms with Gasteiger partial charge in [0.25, 0.3) is 0 Å². The number of nitrogens with zero attached hydrogens (tertiary/aromatic N) is 5. The average Bonchev–Trinajstić information content (AvgIpc) is 3.81. The number of para-hydroxylation sites is 3. The van der Waals surface area contributed by atoms with Crippen LogP contribution < -0.4 is 0 Å². The molecule has 11 aromatic rings. The minimum absolute atomic E-state index is 0.0788. The Balaban J connectivity index is 1.24. The third-order valence-corrected chi connectivity index (χ3v) is 11.2. The Labute approximate surface area is 342 Å². The molecular formula is C52H32F3N5. The number of benzene rings is 8. The Morgan fingerprint density at radius 1 is 0.350 bits per heavy atom. The topological polar surface area (TPSA) is 48.5 Å². The third-order valence-electron chi connectivity index (χ3n) is 11.2. The summed E-state index contributed by atoms with van der Waals surface area (Å²) in [5.74, 6) is 1.35. The molecule has 0 amide bonds. The summed E-state index contributed by atoms with van der Waals surface area (Å²) in [5, 5.41) is 4.28. The van der Waals surface area contributed by atoms with Gasteiger partial charge < -0.3 is 9.13 Å². The molecule has 8 heteroatoms. The maximum atomic E-state index is 14.6. The summed E-state index contributed by atoms with van der Waals surface area (Å²) in [7, 11) is 0. The second kappa shape index (κ2) is 13.9. The van der Waals surface area contributed by atoms with Crippen molar-refractivity contribution in [2.24, 2.45) is 0 Å². The molecule has 0 fully saturated rings. The Hall–Kier alpha value is -7.84. The fourth-order valence-corrected chi connectivity index (χ4v) is 8.54. The fourth-order valence-electron chi connectivity index (χ4n) is 8.54.